The lowest BCUT2D eigenvalue weighted by Crippen LogP contribution is -2.31. The van der Waals surface area contributed by atoms with Crippen molar-refractivity contribution in [3.8, 4) is 5.75 Å². The summed E-state index contributed by atoms with van der Waals surface area (Å²) < 4.78 is 5.68. The van der Waals surface area contributed by atoms with E-state index in [1.54, 1.807) is 24.3 Å². The number of aromatic nitrogens is 1. The van der Waals surface area contributed by atoms with Gasteiger partial charge in [0.2, 0.25) is 5.91 Å². The maximum atomic E-state index is 12.6. The standard InChI is InChI=1S/C20H23ClN2O4S/c1-12(2)10-17(24)23-9-5-7-15(23)19-22-14(18(28-19)20(25)26)11-27-16-8-4-3-6-13(16)21/h3-4,6,8,12,15H,5,7,9-11H2,1-2H3,(H,25,26)/t15-/m0/s1. The fourth-order valence-corrected chi connectivity index (χ4v) is 4.52. The van der Waals surface area contributed by atoms with E-state index >= 15 is 0 Å². The Hall–Kier alpha value is -2.12. The van der Waals surface area contributed by atoms with Gasteiger partial charge in [-0.25, -0.2) is 9.78 Å². The molecule has 2 aromatic rings. The highest BCUT2D eigenvalue weighted by atomic mass is 35.5. The van der Waals surface area contributed by atoms with Crippen LogP contribution in [-0.4, -0.2) is 33.4 Å². The van der Waals surface area contributed by atoms with Crippen molar-refractivity contribution in [2.24, 2.45) is 5.92 Å². The van der Waals surface area contributed by atoms with Crippen molar-refractivity contribution < 1.29 is 19.4 Å². The Labute approximate surface area is 173 Å². The number of carbonyl (C=O) groups excluding carboxylic acids is 1. The normalized spacial score (nSPS) is 16.6. The first-order valence-corrected chi connectivity index (χ1v) is 10.5. The van der Waals surface area contributed by atoms with Crippen LogP contribution in [0.4, 0.5) is 0 Å². The topological polar surface area (TPSA) is 79.7 Å². The molecule has 0 radical (unpaired) electrons. The van der Waals surface area contributed by atoms with Gasteiger partial charge in [0.05, 0.1) is 11.1 Å². The van der Waals surface area contributed by atoms with E-state index in [9.17, 15) is 14.7 Å². The number of carboxylic acid groups (broad SMARTS) is 1. The number of nitrogens with zero attached hydrogens (tertiary/aromatic N) is 2. The van der Waals surface area contributed by atoms with Crippen LogP contribution in [0.25, 0.3) is 0 Å². The minimum atomic E-state index is -1.04. The lowest BCUT2D eigenvalue weighted by atomic mass is 10.1. The molecule has 0 unspecified atom stereocenters. The van der Waals surface area contributed by atoms with Crippen LogP contribution in [0.3, 0.4) is 0 Å². The molecule has 1 fully saturated rings. The number of amides is 1. The number of carbonyl (C=O) groups is 2. The fraction of sp³-hybridized carbons (Fsp3) is 0.450. The molecule has 0 spiro atoms. The Balaban J connectivity index is 1.81. The van der Waals surface area contributed by atoms with Gasteiger partial charge in [0, 0.05) is 13.0 Å². The van der Waals surface area contributed by atoms with Gasteiger partial charge in [0.25, 0.3) is 0 Å². The Morgan fingerprint density at radius 2 is 2.14 bits per heavy atom. The first kappa shape index (κ1) is 20.6. The van der Waals surface area contributed by atoms with Crippen molar-refractivity contribution in [1.29, 1.82) is 0 Å². The highest BCUT2D eigenvalue weighted by Crippen LogP contribution is 2.36. The molecule has 0 bridgehead atoms. The Kier molecular flexibility index (Phi) is 6.57. The van der Waals surface area contributed by atoms with E-state index in [0.29, 0.717) is 34.4 Å². The van der Waals surface area contributed by atoms with Gasteiger partial charge in [-0.15, -0.1) is 11.3 Å². The van der Waals surface area contributed by atoms with E-state index in [2.05, 4.69) is 4.98 Å². The number of carboxylic acids is 1. The average Bonchev–Trinajstić information content (AvgIpc) is 3.27. The first-order chi connectivity index (χ1) is 13.4. The maximum Gasteiger partial charge on any atom is 0.347 e. The predicted molar refractivity (Wildman–Crippen MR) is 108 cm³/mol. The molecule has 1 N–H and O–H groups in total. The van der Waals surface area contributed by atoms with Crippen LogP contribution in [0.1, 0.15) is 59.5 Å². The molecule has 1 aliphatic heterocycles. The first-order valence-electron chi connectivity index (χ1n) is 9.26. The number of hydrogen-bond donors (Lipinski definition) is 1. The van der Waals surface area contributed by atoms with E-state index < -0.39 is 5.97 Å². The molecule has 1 aromatic heterocycles. The average molecular weight is 423 g/mol. The van der Waals surface area contributed by atoms with Gasteiger partial charge in [0.1, 0.15) is 27.9 Å². The van der Waals surface area contributed by atoms with E-state index in [0.717, 1.165) is 24.2 Å². The van der Waals surface area contributed by atoms with Crippen molar-refractivity contribution in [2.45, 2.75) is 45.8 Å². The molecular formula is C20H23ClN2O4S. The third-order valence-corrected chi connectivity index (χ3v) is 6.05. The van der Waals surface area contributed by atoms with E-state index in [1.807, 2.05) is 18.7 Å². The molecule has 1 amide bonds. The molecule has 1 aliphatic rings. The Morgan fingerprint density at radius 1 is 1.39 bits per heavy atom. The van der Waals surface area contributed by atoms with Gasteiger partial charge in [0.15, 0.2) is 0 Å². The molecule has 1 atom stereocenters. The summed E-state index contributed by atoms with van der Waals surface area (Å²) in [6.45, 7) is 4.72. The number of halogens is 1. The van der Waals surface area contributed by atoms with Crippen LogP contribution >= 0.6 is 22.9 Å². The molecule has 8 heteroatoms. The summed E-state index contributed by atoms with van der Waals surface area (Å²) in [5.41, 5.74) is 0.357. The smallest absolute Gasteiger partial charge is 0.347 e. The molecule has 150 valence electrons. The zero-order valence-corrected chi connectivity index (χ0v) is 17.4. The molecule has 0 saturated carbocycles. The summed E-state index contributed by atoms with van der Waals surface area (Å²) in [7, 11) is 0. The van der Waals surface area contributed by atoms with E-state index in [-0.39, 0.29) is 29.4 Å². The Morgan fingerprint density at radius 3 is 2.82 bits per heavy atom. The third-order valence-electron chi connectivity index (χ3n) is 4.55. The van der Waals surface area contributed by atoms with Gasteiger partial charge in [-0.05, 0) is 30.9 Å². The summed E-state index contributed by atoms with van der Waals surface area (Å²) in [6, 6.07) is 6.85. The van der Waals surface area contributed by atoms with Crippen molar-refractivity contribution in [2.75, 3.05) is 6.54 Å². The summed E-state index contributed by atoms with van der Waals surface area (Å²) in [6.07, 6.45) is 2.17. The molecule has 28 heavy (non-hydrogen) atoms. The van der Waals surface area contributed by atoms with E-state index in [1.165, 1.54) is 0 Å². The number of likely N-dealkylation sites (tertiary alicyclic amines) is 1. The largest absolute Gasteiger partial charge is 0.486 e. The van der Waals surface area contributed by atoms with Crippen molar-refractivity contribution >= 4 is 34.8 Å². The lowest BCUT2D eigenvalue weighted by Gasteiger charge is -2.24. The molecule has 1 aromatic carbocycles. The van der Waals surface area contributed by atoms with Gasteiger partial charge in [-0.1, -0.05) is 37.6 Å². The fourth-order valence-electron chi connectivity index (χ4n) is 3.27. The predicted octanol–water partition coefficient (Wildman–Crippen LogP) is 4.78. The van der Waals surface area contributed by atoms with Gasteiger partial charge >= 0.3 is 5.97 Å². The molecule has 0 aliphatic carbocycles. The number of thiazole rings is 1. The van der Waals surface area contributed by atoms with Crippen LogP contribution in [0.5, 0.6) is 5.75 Å². The van der Waals surface area contributed by atoms with Gasteiger partial charge in [-0.3, -0.25) is 4.79 Å². The lowest BCUT2D eigenvalue weighted by molar-refractivity contribution is -0.132. The minimum Gasteiger partial charge on any atom is -0.486 e. The SMILES string of the molecule is CC(C)CC(=O)N1CCC[C@H]1c1nc(COc2ccccc2Cl)c(C(=O)O)s1. The number of para-hydroxylation sites is 1. The van der Waals surface area contributed by atoms with Crippen molar-refractivity contribution in [3.63, 3.8) is 0 Å². The number of hydrogen-bond acceptors (Lipinski definition) is 5. The second-order valence-corrected chi connectivity index (χ2v) is 8.63. The number of benzene rings is 1. The molecule has 2 heterocycles. The molecular weight excluding hydrogens is 400 g/mol. The van der Waals surface area contributed by atoms with Gasteiger partial charge < -0.3 is 14.7 Å². The van der Waals surface area contributed by atoms with Gasteiger partial charge in [-0.2, -0.15) is 0 Å². The monoisotopic (exact) mass is 422 g/mol. The Bertz CT molecular complexity index is 868. The highest BCUT2D eigenvalue weighted by Gasteiger charge is 2.33. The van der Waals surface area contributed by atoms with E-state index in [4.69, 9.17) is 16.3 Å². The highest BCUT2D eigenvalue weighted by molar-refractivity contribution is 7.13. The maximum absolute atomic E-state index is 12.6. The summed E-state index contributed by atoms with van der Waals surface area (Å²) in [5.74, 6) is -0.193. The third kappa shape index (κ3) is 4.64. The second-order valence-electron chi connectivity index (χ2n) is 7.20. The van der Waals surface area contributed by atoms with Crippen LogP contribution in [-0.2, 0) is 11.4 Å². The van der Waals surface area contributed by atoms with Crippen LogP contribution in [0, 0.1) is 5.92 Å². The molecule has 1 saturated heterocycles. The zero-order chi connectivity index (χ0) is 20.3. The zero-order valence-electron chi connectivity index (χ0n) is 15.9. The van der Waals surface area contributed by atoms with Crippen LogP contribution in [0.2, 0.25) is 5.02 Å². The van der Waals surface area contributed by atoms with Crippen molar-refractivity contribution in [1.82, 2.24) is 9.88 Å². The summed E-state index contributed by atoms with van der Waals surface area (Å²) >= 11 is 7.22. The minimum absolute atomic E-state index is 0.00846. The van der Waals surface area contributed by atoms with Crippen LogP contribution < -0.4 is 4.74 Å². The van der Waals surface area contributed by atoms with Crippen molar-refractivity contribution in [3.05, 3.63) is 44.9 Å². The number of rotatable bonds is 7. The quantitative estimate of drug-likeness (QED) is 0.694. The van der Waals surface area contributed by atoms with Crippen LogP contribution in [0.15, 0.2) is 24.3 Å². The second kappa shape index (κ2) is 8.92. The molecule has 3 rings (SSSR count). The molecule has 6 nitrogen and oxygen atoms in total. The summed E-state index contributed by atoms with van der Waals surface area (Å²) in [5, 5.41) is 10.7. The number of aromatic carboxylic acids is 1. The summed E-state index contributed by atoms with van der Waals surface area (Å²) in [4.78, 5) is 30.8. The number of ether oxygens (including phenoxy) is 1.